The molecule has 0 aliphatic rings. The highest BCUT2D eigenvalue weighted by molar-refractivity contribution is 7.92. The smallest absolute Gasteiger partial charge is 0.221 e. The van der Waals surface area contributed by atoms with Crippen LogP contribution in [0.3, 0.4) is 0 Å². The normalized spacial score (nSPS) is 11.8. The van der Waals surface area contributed by atoms with Crippen molar-refractivity contribution in [3.8, 4) is 9.88 Å². The first-order chi connectivity index (χ1) is 6.57. The third-order valence-corrected chi connectivity index (χ3v) is 5.09. The zero-order valence-electron chi connectivity index (χ0n) is 7.17. The molecule has 0 aliphatic carbocycles. The minimum absolute atomic E-state index is 0.0703. The van der Waals surface area contributed by atoms with Crippen LogP contribution in [0.4, 0.5) is 0 Å². The average molecular weight is 246 g/mol. The first-order valence-electron chi connectivity index (χ1n) is 3.65. The lowest BCUT2D eigenvalue weighted by atomic mass is 10.5. The van der Waals surface area contributed by atoms with E-state index in [9.17, 15) is 8.42 Å². The van der Waals surface area contributed by atoms with Gasteiger partial charge in [0.05, 0.1) is 4.88 Å². The monoisotopic (exact) mass is 246 g/mol. The molecule has 14 heavy (non-hydrogen) atoms. The highest BCUT2D eigenvalue weighted by Gasteiger charge is 2.15. The summed E-state index contributed by atoms with van der Waals surface area (Å²) >= 11 is 2.61. The van der Waals surface area contributed by atoms with Gasteiger partial charge in [0.2, 0.25) is 14.2 Å². The molecule has 0 aliphatic heterocycles. The van der Waals surface area contributed by atoms with Gasteiger partial charge in [-0.15, -0.1) is 21.5 Å². The van der Waals surface area contributed by atoms with Crippen LogP contribution in [0.2, 0.25) is 0 Å². The van der Waals surface area contributed by atoms with E-state index < -0.39 is 9.84 Å². The maximum absolute atomic E-state index is 11.1. The number of hydrogen-bond donors (Lipinski definition) is 0. The summed E-state index contributed by atoms with van der Waals surface area (Å²) in [5, 5.41) is 10.0. The maximum atomic E-state index is 11.1. The molecule has 2 rings (SSSR count). The number of aromatic nitrogens is 2. The van der Waals surface area contributed by atoms with Gasteiger partial charge in [0.25, 0.3) is 0 Å². The predicted molar refractivity (Wildman–Crippen MR) is 56.3 cm³/mol. The van der Waals surface area contributed by atoms with E-state index in [1.54, 1.807) is 0 Å². The van der Waals surface area contributed by atoms with E-state index in [1.807, 2.05) is 17.5 Å². The van der Waals surface area contributed by atoms with Crippen LogP contribution in [0, 0.1) is 0 Å². The van der Waals surface area contributed by atoms with E-state index in [1.165, 1.54) is 11.3 Å². The summed E-state index contributed by atoms with van der Waals surface area (Å²) in [5.41, 5.74) is 0. The highest BCUT2D eigenvalue weighted by Crippen LogP contribution is 2.28. The third-order valence-electron chi connectivity index (χ3n) is 1.46. The average Bonchev–Trinajstić information content (AvgIpc) is 2.73. The minimum atomic E-state index is -3.22. The van der Waals surface area contributed by atoms with E-state index >= 15 is 0 Å². The molecule has 2 heterocycles. The van der Waals surface area contributed by atoms with Crippen molar-refractivity contribution < 1.29 is 8.42 Å². The lowest BCUT2D eigenvalue weighted by Crippen LogP contribution is -1.95. The molecule has 0 aromatic carbocycles. The summed E-state index contributed by atoms with van der Waals surface area (Å²) < 4.78 is 22.3. The van der Waals surface area contributed by atoms with Crippen molar-refractivity contribution in [2.45, 2.75) is 4.34 Å². The van der Waals surface area contributed by atoms with Gasteiger partial charge in [0, 0.05) is 6.26 Å². The van der Waals surface area contributed by atoms with Crippen molar-refractivity contribution in [2.75, 3.05) is 6.26 Å². The number of sulfone groups is 1. The minimum Gasteiger partial charge on any atom is -0.221 e. The van der Waals surface area contributed by atoms with Gasteiger partial charge in [-0.1, -0.05) is 17.4 Å². The molecule has 0 atom stereocenters. The number of thiophene rings is 1. The van der Waals surface area contributed by atoms with Crippen LogP contribution in [-0.4, -0.2) is 24.9 Å². The van der Waals surface area contributed by atoms with Gasteiger partial charge in [-0.25, -0.2) is 8.42 Å². The molecule has 74 valence electrons. The van der Waals surface area contributed by atoms with Gasteiger partial charge in [-0.05, 0) is 11.4 Å². The zero-order valence-corrected chi connectivity index (χ0v) is 9.62. The Hall–Kier alpha value is -0.790. The van der Waals surface area contributed by atoms with Crippen LogP contribution in [0.25, 0.3) is 9.88 Å². The standard InChI is InChI=1S/C7H6N2O2S3/c1-14(10,11)7-9-8-6(13-7)5-3-2-4-12-5/h2-4H,1H3. The second-order valence-electron chi connectivity index (χ2n) is 2.62. The zero-order chi connectivity index (χ0) is 10.2. The van der Waals surface area contributed by atoms with Crippen LogP contribution < -0.4 is 0 Å². The van der Waals surface area contributed by atoms with Crippen molar-refractivity contribution in [3.63, 3.8) is 0 Å². The first-order valence-corrected chi connectivity index (χ1v) is 7.23. The second kappa shape index (κ2) is 3.41. The van der Waals surface area contributed by atoms with Gasteiger partial charge >= 0.3 is 0 Å². The quantitative estimate of drug-likeness (QED) is 0.808. The Bertz CT molecular complexity index is 527. The van der Waals surface area contributed by atoms with Gasteiger partial charge in [-0.3, -0.25) is 0 Å². The molecule has 0 N–H and O–H groups in total. The molecule has 0 radical (unpaired) electrons. The van der Waals surface area contributed by atoms with Gasteiger partial charge in [-0.2, -0.15) is 0 Å². The number of hydrogen-bond acceptors (Lipinski definition) is 6. The Morgan fingerprint density at radius 2 is 2.14 bits per heavy atom. The van der Waals surface area contributed by atoms with Crippen molar-refractivity contribution in [3.05, 3.63) is 17.5 Å². The topological polar surface area (TPSA) is 59.9 Å². The summed E-state index contributed by atoms with van der Waals surface area (Å²) in [6, 6.07) is 3.78. The Labute approximate surface area is 89.2 Å². The van der Waals surface area contributed by atoms with E-state index in [0.717, 1.165) is 22.5 Å². The van der Waals surface area contributed by atoms with Gasteiger partial charge < -0.3 is 0 Å². The Morgan fingerprint density at radius 3 is 2.64 bits per heavy atom. The molecule has 7 heteroatoms. The third kappa shape index (κ3) is 1.84. The molecule has 0 bridgehead atoms. The van der Waals surface area contributed by atoms with Crippen LogP contribution in [0.15, 0.2) is 21.9 Å². The summed E-state index contributed by atoms with van der Waals surface area (Å²) in [5.74, 6) is 0. The Balaban J connectivity index is 2.46. The summed E-state index contributed by atoms with van der Waals surface area (Å²) in [6.07, 6.45) is 1.13. The SMILES string of the molecule is CS(=O)(=O)c1nnc(-c2cccs2)s1. The largest absolute Gasteiger partial charge is 0.232 e. The molecule has 2 aromatic rings. The molecular formula is C7H6N2O2S3. The van der Waals surface area contributed by atoms with Crippen molar-refractivity contribution in [1.82, 2.24) is 10.2 Å². The molecule has 0 amide bonds. The number of nitrogens with zero attached hydrogens (tertiary/aromatic N) is 2. The molecular weight excluding hydrogens is 240 g/mol. The Morgan fingerprint density at radius 1 is 1.36 bits per heavy atom. The fourth-order valence-corrected chi connectivity index (χ4v) is 3.26. The first kappa shape index (κ1) is 9.75. The van der Waals surface area contributed by atoms with Crippen molar-refractivity contribution in [2.24, 2.45) is 0 Å². The molecule has 0 fully saturated rings. The Kier molecular flexibility index (Phi) is 2.38. The summed E-state index contributed by atoms with van der Waals surface area (Å²) in [7, 11) is -3.22. The van der Waals surface area contributed by atoms with E-state index in [2.05, 4.69) is 10.2 Å². The van der Waals surface area contributed by atoms with Gasteiger partial charge in [0.15, 0.2) is 5.01 Å². The second-order valence-corrected chi connectivity index (χ2v) is 6.74. The van der Waals surface area contributed by atoms with Crippen molar-refractivity contribution >= 4 is 32.5 Å². The van der Waals surface area contributed by atoms with E-state index in [-0.39, 0.29) is 4.34 Å². The predicted octanol–water partition coefficient (Wildman–Crippen LogP) is 1.67. The maximum Gasteiger partial charge on any atom is 0.232 e. The fourth-order valence-electron chi connectivity index (χ4n) is 0.859. The molecule has 0 spiro atoms. The van der Waals surface area contributed by atoms with Gasteiger partial charge in [0.1, 0.15) is 0 Å². The van der Waals surface area contributed by atoms with Crippen LogP contribution >= 0.6 is 22.7 Å². The molecule has 0 unspecified atom stereocenters. The van der Waals surface area contributed by atoms with Crippen LogP contribution in [0.5, 0.6) is 0 Å². The summed E-state index contributed by atoms with van der Waals surface area (Å²) in [6.45, 7) is 0. The van der Waals surface area contributed by atoms with E-state index in [0.29, 0.717) is 5.01 Å². The lowest BCUT2D eigenvalue weighted by Gasteiger charge is -1.85. The highest BCUT2D eigenvalue weighted by atomic mass is 32.2. The molecule has 2 aromatic heterocycles. The van der Waals surface area contributed by atoms with Crippen LogP contribution in [-0.2, 0) is 9.84 Å². The van der Waals surface area contributed by atoms with Crippen LogP contribution in [0.1, 0.15) is 0 Å². The molecule has 4 nitrogen and oxygen atoms in total. The summed E-state index contributed by atoms with van der Waals surface area (Å²) in [4.78, 5) is 0.942. The lowest BCUT2D eigenvalue weighted by molar-refractivity contribution is 0.600. The van der Waals surface area contributed by atoms with E-state index in [4.69, 9.17) is 0 Å². The number of rotatable bonds is 2. The van der Waals surface area contributed by atoms with Crippen molar-refractivity contribution in [1.29, 1.82) is 0 Å². The molecule has 0 saturated heterocycles. The fraction of sp³-hybridized carbons (Fsp3) is 0.143. The molecule has 0 saturated carbocycles.